The summed E-state index contributed by atoms with van der Waals surface area (Å²) in [6.45, 7) is 0.452. The topological polar surface area (TPSA) is 149 Å². The van der Waals surface area contributed by atoms with E-state index in [9.17, 15) is 14.4 Å². The van der Waals surface area contributed by atoms with Gasteiger partial charge in [-0.2, -0.15) is 0 Å². The largest absolute Gasteiger partial charge is 0.480 e. The summed E-state index contributed by atoms with van der Waals surface area (Å²) in [5, 5.41) is 22.4. The maximum Gasteiger partial charge on any atom is 0.317 e. The molecule has 34 heavy (non-hydrogen) atoms. The quantitative estimate of drug-likeness (QED) is 0.272. The molecule has 0 aromatic heterocycles. The first-order valence-electron chi connectivity index (χ1n) is 11.4. The van der Waals surface area contributed by atoms with E-state index in [1.54, 1.807) is 29.2 Å². The van der Waals surface area contributed by atoms with Gasteiger partial charge in [-0.15, -0.1) is 0 Å². The fourth-order valence-corrected chi connectivity index (χ4v) is 4.69. The monoisotopic (exact) mass is 463 g/mol. The van der Waals surface area contributed by atoms with Crippen LogP contribution in [0.3, 0.4) is 0 Å². The van der Waals surface area contributed by atoms with Crippen LogP contribution in [-0.4, -0.2) is 58.8 Å². The van der Waals surface area contributed by atoms with Gasteiger partial charge in [0.25, 0.3) is 0 Å². The molecule has 0 saturated carbocycles. The Morgan fingerprint density at radius 3 is 2.26 bits per heavy atom. The molecule has 6 N–H and O–H groups in total. The van der Waals surface area contributed by atoms with E-state index in [1.165, 1.54) is 11.1 Å². The summed E-state index contributed by atoms with van der Waals surface area (Å²) in [7, 11) is 0. The van der Waals surface area contributed by atoms with Gasteiger partial charge in [-0.3, -0.25) is 25.1 Å². The molecule has 178 valence electrons. The third-order valence-electron chi connectivity index (χ3n) is 6.63. The molecule has 2 amide bonds. The minimum Gasteiger partial charge on any atom is -0.480 e. The summed E-state index contributed by atoms with van der Waals surface area (Å²) in [6, 6.07) is 13.8. The van der Waals surface area contributed by atoms with Gasteiger partial charge in [0.15, 0.2) is 0 Å². The van der Waals surface area contributed by atoms with E-state index in [0.29, 0.717) is 37.9 Å². The van der Waals surface area contributed by atoms with Crippen molar-refractivity contribution in [2.45, 2.75) is 37.9 Å². The van der Waals surface area contributed by atoms with Gasteiger partial charge in [0.1, 0.15) is 11.9 Å². The number of nitrogens with one attached hydrogen (secondary N) is 3. The molecule has 1 fully saturated rings. The van der Waals surface area contributed by atoms with Crippen molar-refractivity contribution in [3.8, 4) is 0 Å². The number of amidine groups is 1. The molecule has 1 aliphatic carbocycles. The summed E-state index contributed by atoms with van der Waals surface area (Å²) >= 11 is 0. The Hall–Kier alpha value is -3.72. The third-order valence-corrected chi connectivity index (χ3v) is 6.63. The molecule has 4 rings (SSSR count). The van der Waals surface area contributed by atoms with Crippen molar-refractivity contribution in [1.82, 2.24) is 15.5 Å². The van der Waals surface area contributed by atoms with Crippen LogP contribution in [0.1, 0.15) is 28.7 Å². The lowest BCUT2D eigenvalue weighted by Gasteiger charge is -2.42. The van der Waals surface area contributed by atoms with E-state index in [-0.39, 0.29) is 30.1 Å². The van der Waals surface area contributed by atoms with Crippen LogP contribution >= 0.6 is 0 Å². The molecule has 0 unspecified atom stereocenters. The Balaban J connectivity index is 1.39. The number of nitrogens with zero attached hydrogens (tertiary/aromatic N) is 1. The Morgan fingerprint density at radius 1 is 1.09 bits per heavy atom. The highest BCUT2D eigenvalue weighted by atomic mass is 16.4. The average molecular weight is 464 g/mol. The van der Waals surface area contributed by atoms with Gasteiger partial charge in [0.05, 0.1) is 12.6 Å². The second kappa shape index (κ2) is 10.0. The van der Waals surface area contributed by atoms with Crippen LogP contribution < -0.4 is 16.4 Å². The van der Waals surface area contributed by atoms with Crippen LogP contribution in [0.2, 0.25) is 0 Å². The van der Waals surface area contributed by atoms with Gasteiger partial charge in [-0.25, -0.2) is 0 Å². The second-order valence-electron chi connectivity index (χ2n) is 8.85. The minimum atomic E-state index is -1.03. The molecular formula is C25H29N5O4. The maximum atomic E-state index is 13.4. The molecule has 1 saturated heterocycles. The average Bonchev–Trinajstić information content (AvgIpc) is 3.21. The highest BCUT2D eigenvalue weighted by Gasteiger charge is 2.43. The van der Waals surface area contributed by atoms with E-state index >= 15 is 0 Å². The summed E-state index contributed by atoms with van der Waals surface area (Å²) in [5.74, 6) is -1.57. The van der Waals surface area contributed by atoms with Gasteiger partial charge in [-0.1, -0.05) is 48.5 Å². The highest BCUT2D eigenvalue weighted by Crippen LogP contribution is 2.31. The number of carbonyl (C=O) groups is 3. The zero-order chi connectivity index (χ0) is 24.2. The van der Waals surface area contributed by atoms with Crippen molar-refractivity contribution in [2.75, 3.05) is 13.1 Å². The Bertz CT molecular complexity index is 1080. The smallest absolute Gasteiger partial charge is 0.317 e. The zero-order valence-corrected chi connectivity index (χ0v) is 18.8. The highest BCUT2D eigenvalue weighted by molar-refractivity contribution is 5.95. The van der Waals surface area contributed by atoms with Crippen LogP contribution in [0, 0.1) is 11.3 Å². The van der Waals surface area contributed by atoms with Crippen molar-refractivity contribution >= 4 is 23.6 Å². The Morgan fingerprint density at radius 2 is 1.74 bits per heavy atom. The van der Waals surface area contributed by atoms with Crippen LogP contribution in [0.15, 0.2) is 48.5 Å². The number of aliphatic carboxylic acids is 1. The molecule has 9 nitrogen and oxygen atoms in total. The minimum absolute atomic E-state index is 0.0179. The molecule has 2 aromatic carbocycles. The number of carboxylic acids is 1. The molecule has 0 radical (unpaired) electrons. The normalized spacial score (nSPS) is 18.0. The fourth-order valence-electron chi connectivity index (χ4n) is 4.69. The van der Waals surface area contributed by atoms with Gasteiger partial charge >= 0.3 is 5.97 Å². The SMILES string of the molecule is N=C(N)c1ccc(CNC(=O)[C@@H]2CCN2C(=O)[C@H](NCC(=O)O)C2Cc3ccccc3C2)cc1. The molecule has 2 atom stereocenters. The van der Waals surface area contributed by atoms with Crippen molar-refractivity contribution in [1.29, 1.82) is 5.41 Å². The summed E-state index contributed by atoms with van der Waals surface area (Å²) < 4.78 is 0. The lowest BCUT2D eigenvalue weighted by Crippen LogP contribution is -2.63. The number of carboxylic acid groups (broad SMARTS) is 1. The van der Waals surface area contributed by atoms with E-state index in [0.717, 1.165) is 5.56 Å². The van der Waals surface area contributed by atoms with Crippen LogP contribution in [0.4, 0.5) is 0 Å². The van der Waals surface area contributed by atoms with Crippen LogP contribution in [0.5, 0.6) is 0 Å². The number of amides is 2. The molecule has 9 heteroatoms. The number of fused-ring (bicyclic) bond motifs is 1. The first-order chi connectivity index (χ1) is 16.3. The Labute approximate surface area is 197 Å². The molecule has 1 heterocycles. The summed E-state index contributed by atoms with van der Waals surface area (Å²) in [4.78, 5) is 39.0. The van der Waals surface area contributed by atoms with E-state index in [4.69, 9.17) is 16.2 Å². The van der Waals surface area contributed by atoms with E-state index in [1.807, 2.05) is 24.3 Å². The van der Waals surface area contributed by atoms with Gasteiger partial charge in [0, 0.05) is 18.7 Å². The number of hydrogen-bond acceptors (Lipinski definition) is 5. The maximum absolute atomic E-state index is 13.4. The lowest BCUT2D eigenvalue weighted by molar-refractivity contribution is -0.150. The van der Waals surface area contributed by atoms with Crippen LogP contribution in [-0.2, 0) is 33.8 Å². The third kappa shape index (κ3) is 5.09. The first kappa shape index (κ1) is 23.4. The summed E-state index contributed by atoms with van der Waals surface area (Å²) in [5.41, 5.74) is 9.29. The summed E-state index contributed by atoms with van der Waals surface area (Å²) in [6.07, 6.45) is 1.96. The lowest BCUT2D eigenvalue weighted by atomic mass is 9.92. The van der Waals surface area contributed by atoms with Crippen molar-refractivity contribution in [2.24, 2.45) is 11.7 Å². The van der Waals surface area contributed by atoms with Crippen molar-refractivity contribution < 1.29 is 19.5 Å². The molecule has 0 spiro atoms. The van der Waals surface area contributed by atoms with Gasteiger partial charge in [0.2, 0.25) is 11.8 Å². The number of hydrogen-bond donors (Lipinski definition) is 5. The predicted molar refractivity (Wildman–Crippen MR) is 126 cm³/mol. The van der Waals surface area contributed by atoms with E-state index < -0.39 is 18.1 Å². The standard InChI is InChI=1S/C25H29N5O4/c26-23(27)16-7-5-15(6-8-16)13-29-24(33)20-9-10-30(20)25(34)22(28-14-21(31)32)19-11-17-3-1-2-4-18(17)12-19/h1-8,19-20,22,28H,9-14H2,(H3,26,27)(H,29,33)(H,31,32)/t20-,22+/m0/s1. The number of rotatable bonds is 9. The molecular weight excluding hydrogens is 434 g/mol. The molecule has 0 bridgehead atoms. The Kier molecular flexibility index (Phi) is 6.93. The van der Waals surface area contributed by atoms with E-state index in [2.05, 4.69) is 10.6 Å². The predicted octanol–water partition coefficient (Wildman–Crippen LogP) is 0.646. The van der Waals surface area contributed by atoms with Gasteiger partial charge < -0.3 is 21.1 Å². The number of benzene rings is 2. The number of nitrogen functional groups attached to an aromatic ring is 1. The second-order valence-corrected chi connectivity index (χ2v) is 8.85. The number of likely N-dealkylation sites (tertiary alicyclic amines) is 1. The van der Waals surface area contributed by atoms with Crippen molar-refractivity contribution in [3.05, 3.63) is 70.8 Å². The molecule has 2 aliphatic rings. The zero-order valence-electron chi connectivity index (χ0n) is 18.8. The molecule has 2 aromatic rings. The van der Waals surface area contributed by atoms with Crippen LogP contribution in [0.25, 0.3) is 0 Å². The number of nitrogens with two attached hydrogens (primary N) is 1. The molecule has 1 aliphatic heterocycles. The fraction of sp³-hybridized carbons (Fsp3) is 0.360. The van der Waals surface area contributed by atoms with Gasteiger partial charge in [-0.05, 0) is 41.9 Å². The van der Waals surface area contributed by atoms with Crippen molar-refractivity contribution in [3.63, 3.8) is 0 Å². The first-order valence-corrected chi connectivity index (χ1v) is 11.4. The number of carbonyl (C=O) groups excluding carboxylic acids is 2.